The standard InChI is InChI=1S/C5H10FNO/c1-5(8)7(2)4-3-6/h3-4H2,1-2H3. The van der Waals surface area contributed by atoms with Gasteiger partial charge < -0.3 is 4.90 Å². The van der Waals surface area contributed by atoms with E-state index in [9.17, 15) is 9.18 Å². The molecule has 0 atom stereocenters. The zero-order valence-electron chi connectivity index (χ0n) is 5.15. The molecule has 2 nitrogen and oxygen atoms in total. The topological polar surface area (TPSA) is 20.3 Å². The van der Waals surface area contributed by atoms with Crippen LogP contribution in [-0.2, 0) is 4.79 Å². The van der Waals surface area contributed by atoms with E-state index in [4.69, 9.17) is 0 Å². The number of rotatable bonds is 2. The first-order chi connectivity index (χ1) is 3.68. The van der Waals surface area contributed by atoms with Gasteiger partial charge in [-0.3, -0.25) is 4.79 Å². The molecule has 0 aliphatic heterocycles. The molecule has 8 heavy (non-hydrogen) atoms. The molecule has 0 radical (unpaired) electrons. The summed E-state index contributed by atoms with van der Waals surface area (Å²) < 4.78 is 11.4. The molecule has 0 rings (SSSR count). The summed E-state index contributed by atoms with van der Waals surface area (Å²) in [4.78, 5) is 11.6. The van der Waals surface area contributed by atoms with Crippen molar-refractivity contribution in [3.63, 3.8) is 0 Å². The summed E-state index contributed by atoms with van der Waals surface area (Å²) in [6.45, 7) is 1.15. The van der Waals surface area contributed by atoms with Gasteiger partial charge in [0.05, 0.1) is 0 Å². The van der Waals surface area contributed by atoms with Crippen molar-refractivity contribution in [2.45, 2.75) is 6.92 Å². The molecule has 0 aliphatic rings. The van der Waals surface area contributed by atoms with Gasteiger partial charge >= 0.3 is 0 Å². The van der Waals surface area contributed by atoms with E-state index < -0.39 is 6.67 Å². The SMILES string of the molecule is CC(=O)N(C)CCF. The van der Waals surface area contributed by atoms with Crippen LogP contribution in [0.3, 0.4) is 0 Å². The Hall–Kier alpha value is -0.600. The van der Waals surface area contributed by atoms with Crippen LogP contribution in [0.25, 0.3) is 0 Å². The van der Waals surface area contributed by atoms with Gasteiger partial charge in [0.2, 0.25) is 5.91 Å². The van der Waals surface area contributed by atoms with Crippen molar-refractivity contribution >= 4 is 5.91 Å². The van der Waals surface area contributed by atoms with E-state index >= 15 is 0 Å². The van der Waals surface area contributed by atoms with Gasteiger partial charge in [-0.1, -0.05) is 0 Å². The highest BCUT2D eigenvalue weighted by Crippen LogP contribution is 1.81. The Balaban J connectivity index is 3.32. The second-order valence-corrected chi connectivity index (χ2v) is 1.63. The van der Waals surface area contributed by atoms with Crippen molar-refractivity contribution in [3.8, 4) is 0 Å². The fraction of sp³-hybridized carbons (Fsp3) is 0.800. The van der Waals surface area contributed by atoms with Gasteiger partial charge in [0, 0.05) is 20.5 Å². The highest BCUT2D eigenvalue weighted by Gasteiger charge is 1.97. The van der Waals surface area contributed by atoms with Crippen molar-refractivity contribution in [2.75, 3.05) is 20.3 Å². The van der Waals surface area contributed by atoms with Gasteiger partial charge in [0.1, 0.15) is 6.67 Å². The van der Waals surface area contributed by atoms with E-state index in [-0.39, 0.29) is 12.5 Å². The van der Waals surface area contributed by atoms with Crippen molar-refractivity contribution in [1.29, 1.82) is 0 Å². The van der Waals surface area contributed by atoms with Crippen LogP contribution in [0.5, 0.6) is 0 Å². The first-order valence-electron chi connectivity index (χ1n) is 2.46. The number of nitrogens with zero attached hydrogens (tertiary/aromatic N) is 1. The van der Waals surface area contributed by atoms with Gasteiger partial charge in [-0.2, -0.15) is 0 Å². The van der Waals surface area contributed by atoms with Gasteiger partial charge in [-0.05, 0) is 0 Å². The van der Waals surface area contributed by atoms with Crippen LogP contribution >= 0.6 is 0 Å². The molecule has 0 saturated carbocycles. The second-order valence-electron chi connectivity index (χ2n) is 1.63. The largest absolute Gasteiger partial charge is 0.343 e. The second kappa shape index (κ2) is 3.41. The van der Waals surface area contributed by atoms with Crippen LogP contribution in [0.15, 0.2) is 0 Å². The van der Waals surface area contributed by atoms with E-state index in [1.165, 1.54) is 11.8 Å². The van der Waals surface area contributed by atoms with E-state index in [2.05, 4.69) is 0 Å². The number of amides is 1. The monoisotopic (exact) mass is 119 g/mol. The highest BCUT2D eigenvalue weighted by atomic mass is 19.1. The Morgan fingerprint density at radius 3 is 2.38 bits per heavy atom. The third kappa shape index (κ3) is 2.55. The maximum atomic E-state index is 11.4. The Morgan fingerprint density at radius 2 is 2.25 bits per heavy atom. The lowest BCUT2D eigenvalue weighted by Crippen LogP contribution is -2.25. The van der Waals surface area contributed by atoms with Crippen molar-refractivity contribution in [3.05, 3.63) is 0 Å². The summed E-state index contributed by atoms with van der Waals surface area (Å²) in [5.41, 5.74) is 0. The number of halogens is 1. The molecule has 48 valence electrons. The van der Waals surface area contributed by atoms with Gasteiger partial charge in [-0.15, -0.1) is 0 Å². The predicted molar refractivity (Wildman–Crippen MR) is 29.3 cm³/mol. The first-order valence-corrected chi connectivity index (χ1v) is 2.46. The molecule has 3 heteroatoms. The molecule has 1 amide bonds. The molecule has 0 aliphatic carbocycles. The lowest BCUT2D eigenvalue weighted by molar-refractivity contribution is -0.127. The van der Waals surface area contributed by atoms with Crippen molar-refractivity contribution in [1.82, 2.24) is 4.90 Å². The van der Waals surface area contributed by atoms with Gasteiger partial charge in [0.15, 0.2) is 0 Å². The Kier molecular flexibility index (Phi) is 3.15. The lowest BCUT2D eigenvalue weighted by Gasteiger charge is -2.10. The molecular formula is C5H10FNO. The molecule has 0 spiro atoms. The Labute approximate surface area is 48.3 Å². The molecule has 0 unspecified atom stereocenters. The third-order valence-corrected chi connectivity index (χ3v) is 0.957. The van der Waals surface area contributed by atoms with Crippen LogP contribution in [0.1, 0.15) is 6.92 Å². The summed E-state index contributed by atoms with van der Waals surface area (Å²) >= 11 is 0. The Bertz CT molecular complexity index is 84.5. The zero-order chi connectivity index (χ0) is 6.57. The number of carbonyl (C=O) groups excluding carboxylic acids is 1. The first kappa shape index (κ1) is 7.40. The summed E-state index contributed by atoms with van der Waals surface area (Å²) in [7, 11) is 1.57. The average Bonchev–Trinajstić information content (AvgIpc) is 1.67. The maximum Gasteiger partial charge on any atom is 0.219 e. The van der Waals surface area contributed by atoms with Crippen LogP contribution in [-0.4, -0.2) is 31.1 Å². The third-order valence-electron chi connectivity index (χ3n) is 0.957. The minimum Gasteiger partial charge on any atom is -0.343 e. The molecule has 0 aromatic carbocycles. The van der Waals surface area contributed by atoms with Crippen LogP contribution < -0.4 is 0 Å². The minimum absolute atomic E-state index is 0.0948. The molecule has 0 saturated heterocycles. The molecular weight excluding hydrogens is 109 g/mol. The predicted octanol–water partition coefficient (Wildman–Crippen LogP) is 0.434. The quantitative estimate of drug-likeness (QED) is 0.516. The van der Waals surface area contributed by atoms with Crippen molar-refractivity contribution in [2.24, 2.45) is 0 Å². The molecule has 0 heterocycles. The fourth-order valence-electron chi connectivity index (χ4n) is 0.284. The Morgan fingerprint density at radius 1 is 1.75 bits per heavy atom. The highest BCUT2D eigenvalue weighted by molar-refractivity contribution is 5.72. The average molecular weight is 119 g/mol. The normalized spacial score (nSPS) is 8.88. The van der Waals surface area contributed by atoms with Gasteiger partial charge in [-0.25, -0.2) is 4.39 Å². The van der Waals surface area contributed by atoms with Crippen molar-refractivity contribution < 1.29 is 9.18 Å². The van der Waals surface area contributed by atoms with Crippen LogP contribution in [0.4, 0.5) is 4.39 Å². The summed E-state index contributed by atoms with van der Waals surface area (Å²) in [6.07, 6.45) is 0. The van der Waals surface area contributed by atoms with Crippen LogP contribution in [0, 0.1) is 0 Å². The van der Waals surface area contributed by atoms with Gasteiger partial charge in [0.25, 0.3) is 0 Å². The smallest absolute Gasteiger partial charge is 0.219 e. The van der Waals surface area contributed by atoms with E-state index in [1.54, 1.807) is 7.05 Å². The zero-order valence-corrected chi connectivity index (χ0v) is 5.15. The summed E-state index contributed by atoms with van der Waals surface area (Å²) in [5.74, 6) is -0.0948. The maximum absolute atomic E-state index is 11.4. The molecule has 0 fully saturated rings. The molecule has 0 bridgehead atoms. The minimum atomic E-state index is -0.462. The fourth-order valence-corrected chi connectivity index (χ4v) is 0.284. The number of alkyl halides is 1. The molecule has 0 aromatic rings. The summed E-state index contributed by atoms with van der Waals surface area (Å²) in [6, 6.07) is 0. The number of hydrogen-bond donors (Lipinski definition) is 0. The number of carbonyl (C=O) groups is 1. The number of hydrogen-bond acceptors (Lipinski definition) is 1. The lowest BCUT2D eigenvalue weighted by atomic mass is 10.5. The van der Waals surface area contributed by atoms with E-state index in [0.717, 1.165) is 0 Å². The van der Waals surface area contributed by atoms with E-state index in [1.807, 2.05) is 0 Å². The van der Waals surface area contributed by atoms with Crippen LogP contribution in [0.2, 0.25) is 0 Å². The molecule has 0 N–H and O–H groups in total. The summed E-state index contributed by atoms with van der Waals surface area (Å²) in [5, 5.41) is 0. The van der Waals surface area contributed by atoms with E-state index in [0.29, 0.717) is 0 Å². The molecule has 0 aromatic heterocycles.